The Bertz CT molecular complexity index is 1080. The van der Waals surface area contributed by atoms with Crippen LogP contribution in [0.5, 0.6) is 11.5 Å². The van der Waals surface area contributed by atoms with Crippen LogP contribution in [0.25, 0.3) is 5.69 Å². The first-order valence-corrected chi connectivity index (χ1v) is 8.01. The summed E-state index contributed by atoms with van der Waals surface area (Å²) in [6.45, 7) is 0. The molecule has 7 nitrogen and oxygen atoms in total. The van der Waals surface area contributed by atoms with Crippen LogP contribution < -0.4 is 15.6 Å². The molecule has 0 fully saturated rings. The van der Waals surface area contributed by atoms with Gasteiger partial charge in [0.05, 0.1) is 12.1 Å². The number of amides is 1. The van der Waals surface area contributed by atoms with Gasteiger partial charge in [-0.3, -0.25) is 9.59 Å². The van der Waals surface area contributed by atoms with Crippen LogP contribution in [0.15, 0.2) is 53.3 Å². The molecule has 138 valence electrons. The number of hydrogen-bond acceptors (Lipinski definition) is 5. The van der Waals surface area contributed by atoms with Crippen molar-refractivity contribution in [3.63, 3.8) is 0 Å². The Labute approximate surface area is 157 Å². The first kappa shape index (κ1) is 18.4. The monoisotopic (exact) mass is 389 g/mol. The number of aromatic nitrogens is 2. The minimum absolute atomic E-state index is 0.177. The largest absolute Gasteiger partial charge is 0.505 e. The first-order valence-electron chi connectivity index (χ1n) is 7.64. The third kappa shape index (κ3) is 3.75. The zero-order chi connectivity index (χ0) is 19.6. The molecule has 0 unspecified atom stereocenters. The molecule has 0 aliphatic carbocycles. The molecule has 1 aromatic heterocycles. The van der Waals surface area contributed by atoms with E-state index in [1.165, 1.54) is 19.2 Å². The van der Waals surface area contributed by atoms with E-state index in [0.29, 0.717) is 11.4 Å². The SMILES string of the molecule is COc1ccccc1-n1nc(C(=O)Nc2ccc(F)c(Cl)c2)c(O)cc1=O. The number of nitrogens with zero attached hydrogens (tertiary/aromatic N) is 2. The molecule has 0 saturated carbocycles. The van der Waals surface area contributed by atoms with Gasteiger partial charge < -0.3 is 15.2 Å². The molecule has 3 rings (SSSR count). The number of para-hydroxylation sites is 2. The molecule has 2 N–H and O–H groups in total. The molecule has 0 atom stereocenters. The van der Waals surface area contributed by atoms with Crippen molar-refractivity contribution in [3.8, 4) is 17.2 Å². The first-order chi connectivity index (χ1) is 12.9. The third-order valence-corrected chi connectivity index (χ3v) is 3.91. The van der Waals surface area contributed by atoms with Crippen LogP contribution in [0, 0.1) is 5.82 Å². The topological polar surface area (TPSA) is 93.5 Å². The van der Waals surface area contributed by atoms with Crippen molar-refractivity contribution in [1.29, 1.82) is 0 Å². The maximum Gasteiger partial charge on any atom is 0.279 e. The Balaban J connectivity index is 2.02. The van der Waals surface area contributed by atoms with Crippen molar-refractivity contribution in [1.82, 2.24) is 9.78 Å². The number of halogens is 2. The number of hydrogen-bond donors (Lipinski definition) is 2. The molecule has 0 spiro atoms. The quantitative estimate of drug-likeness (QED) is 0.715. The third-order valence-electron chi connectivity index (χ3n) is 3.62. The van der Waals surface area contributed by atoms with Crippen molar-refractivity contribution in [3.05, 3.63) is 75.4 Å². The summed E-state index contributed by atoms with van der Waals surface area (Å²) in [5, 5.41) is 16.2. The zero-order valence-electron chi connectivity index (χ0n) is 13.9. The molecule has 3 aromatic rings. The number of ether oxygens (including phenoxy) is 1. The summed E-state index contributed by atoms with van der Waals surface area (Å²) in [5.41, 5.74) is -0.564. The van der Waals surface area contributed by atoms with Gasteiger partial charge in [0.15, 0.2) is 11.4 Å². The van der Waals surface area contributed by atoms with E-state index >= 15 is 0 Å². The standard InChI is InChI=1S/C18H13ClFN3O4/c1-27-15-5-3-2-4-13(15)23-16(25)9-14(24)17(22-23)18(26)21-10-6-7-12(20)11(19)8-10/h2-9,24H,1H3,(H,21,26). The van der Waals surface area contributed by atoms with E-state index < -0.39 is 28.7 Å². The molecule has 27 heavy (non-hydrogen) atoms. The maximum absolute atomic E-state index is 13.2. The van der Waals surface area contributed by atoms with Gasteiger partial charge in [0, 0.05) is 11.8 Å². The zero-order valence-corrected chi connectivity index (χ0v) is 14.7. The second kappa shape index (κ2) is 7.46. The molecular formula is C18H13ClFN3O4. The van der Waals surface area contributed by atoms with Gasteiger partial charge in [-0.05, 0) is 30.3 Å². The van der Waals surface area contributed by atoms with Crippen LogP contribution in [-0.4, -0.2) is 27.9 Å². The van der Waals surface area contributed by atoms with Crippen molar-refractivity contribution >= 4 is 23.2 Å². The summed E-state index contributed by atoms with van der Waals surface area (Å²) < 4.78 is 19.4. The molecular weight excluding hydrogens is 377 g/mol. The molecule has 0 saturated heterocycles. The highest BCUT2D eigenvalue weighted by molar-refractivity contribution is 6.31. The normalized spacial score (nSPS) is 10.5. The van der Waals surface area contributed by atoms with E-state index in [0.717, 1.165) is 16.8 Å². The van der Waals surface area contributed by atoms with Gasteiger partial charge in [-0.25, -0.2) is 4.39 Å². The van der Waals surface area contributed by atoms with Gasteiger partial charge in [0.1, 0.15) is 17.3 Å². The average Bonchev–Trinajstić information content (AvgIpc) is 2.65. The average molecular weight is 390 g/mol. The minimum atomic E-state index is -0.807. The van der Waals surface area contributed by atoms with Crippen LogP contribution >= 0.6 is 11.6 Å². The summed E-state index contributed by atoms with van der Waals surface area (Å²) in [5.74, 6) is -1.69. The summed E-state index contributed by atoms with van der Waals surface area (Å²) in [6, 6.07) is 11.0. The molecule has 0 bridgehead atoms. The predicted molar refractivity (Wildman–Crippen MR) is 97.4 cm³/mol. The van der Waals surface area contributed by atoms with E-state index in [2.05, 4.69) is 10.4 Å². The Morgan fingerprint density at radius 1 is 1.26 bits per heavy atom. The van der Waals surface area contributed by atoms with E-state index in [-0.39, 0.29) is 10.7 Å². The van der Waals surface area contributed by atoms with Gasteiger partial charge in [-0.1, -0.05) is 23.7 Å². The number of rotatable bonds is 4. The minimum Gasteiger partial charge on any atom is -0.505 e. The fraction of sp³-hybridized carbons (Fsp3) is 0.0556. The fourth-order valence-corrected chi connectivity index (χ4v) is 2.53. The molecule has 0 aliphatic heterocycles. The lowest BCUT2D eigenvalue weighted by atomic mass is 10.2. The summed E-state index contributed by atoms with van der Waals surface area (Å²) in [6.07, 6.45) is 0. The lowest BCUT2D eigenvalue weighted by Gasteiger charge is -2.12. The Morgan fingerprint density at radius 3 is 2.70 bits per heavy atom. The van der Waals surface area contributed by atoms with E-state index in [1.807, 2.05) is 0 Å². The summed E-state index contributed by atoms with van der Waals surface area (Å²) >= 11 is 5.68. The van der Waals surface area contributed by atoms with Crippen LogP contribution in [0.1, 0.15) is 10.5 Å². The second-order valence-electron chi connectivity index (χ2n) is 5.38. The highest BCUT2D eigenvalue weighted by Gasteiger charge is 2.18. The van der Waals surface area contributed by atoms with Crippen LogP contribution in [0.3, 0.4) is 0 Å². The number of aromatic hydroxyl groups is 1. The molecule has 0 aliphatic rings. The van der Waals surface area contributed by atoms with E-state index in [1.54, 1.807) is 24.3 Å². The molecule has 2 aromatic carbocycles. The van der Waals surface area contributed by atoms with Crippen LogP contribution in [0.4, 0.5) is 10.1 Å². The fourth-order valence-electron chi connectivity index (χ4n) is 2.35. The van der Waals surface area contributed by atoms with Crippen LogP contribution in [-0.2, 0) is 0 Å². The number of carbonyl (C=O) groups excluding carboxylic acids is 1. The Kier molecular flexibility index (Phi) is 5.09. The molecule has 0 radical (unpaired) electrons. The van der Waals surface area contributed by atoms with Crippen molar-refractivity contribution in [2.75, 3.05) is 12.4 Å². The number of benzene rings is 2. The number of nitrogens with one attached hydrogen (secondary N) is 1. The van der Waals surface area contributed by atoms with E-state index in [4.69, 9.17) is 16.3 Å². The Morgan fingerprint density at radius 2 is 2.00 bits per heavy atom. The summed E-state index contributed by atoms with van der Waals surface area (Å²) in [4.78, 5) is 24.7. The lowest BCUT2D eigenvalue weighted by molar-refractivity contribution is 0.101. The second-order valence-corrected chi connectivity index (χ2v) is 5.79. The maximum atomic E-state index is 13.2. The highest BCUT2D eigenvalue weighted by Crippen LogP contribution is 2.23. The van der Waals surface area contributed by atoms with Gasteiger partial charge in [0.2, 0.25) is 0 Å². The Hall–Kier alpha value is -3.39. The number of methoxy groups -OCH3 is 1. The number of carbonyl (C=O) groups is 1. The van der Waals surface area contributed by atoms with Crippen molar-refractivity contribution in [2.45, 2.75) is 0 Å². The van der Waals surface area contributed by atoms with Crippen molar-refractivity contribution in [2.24, 2.45) is 0 Å². The van der Waals surface area contributed by atoms with Crippen LogP contribution in [0.2, 0.25) is 5.02 Å². The van der Waals surface area contributed by atoms with Gasteiger partial charge in [0.25, 0.3) is 11.5 Å². The lowest BCUT2D eigenvalue weighted by Crippen LogP contribution is -2.25. The van der Waals surface area contributed by atoms with E-state index in [9.17, 15) is 19.1 Å². The van der Waals surface area contributed by atoms with Crippen molar-refractivity contribution < 1.29 is 19.0 Å². The molecule has 9 heteroatoms. The van der Waals surface area contributed by atoms with Gasteiger partial charge in [-0.15, -0.1) is 0 Å². The molecule has 1 heterocycles. The molecule has 1 amide bonds. The van der Waals surface area contributed by atoms with Gasteiger partial charge >= 0.3 is 0 Å². The number of anilines is 1. The van der Waals surface area contributed by atoms with Gasteiger partial charge in [-0.2, -0.15) is 9.78 Å². The summed E-state index contributed by atoms with van der Waals surface area (Å²) in [7, 11) is 1.43. The predicted octanol–water partition coefficient (Wildman–Crippen LogP) is 2.99. The smallest absolute Gasteiger partial charge is 0.279 e. The highest BCUT2D eigenvalue weighted by atomic mass is 35.5.